The summed E-state index contributed by atoms with van der Waals surface area (Å²) in [5, 5.41) is 3.63. The van der Waals surface area contributed by atoms with Crippen molar-refractivity contribution in [3.63, 3.8) is 0 Å². The maximum absolute atomic E-state index is 4.49. The number of rotatable bonds is 3. The summed E-state index contributed by atoms with van der Waals surface area (Å²) in [4.78, 5) is 9.52. The van der Waals surface area contributed by atoms with Crippen LogP contribution in [0.25, 0.3) is 0 Å². The highest BCUT2D eigenvalue weighted by molar-refractivity contribution is 5.80. The van der Waals surface area contributed by atoms with Crippen molar-refractivity contribution in [3.05, 3.63) is 0 Å². The van der Waals surface area contributed by atoms with Crippen LogP contribution in [0.5, 0.6) is 0 Å². The predicted octanol–water partition coefficient (Wildman–Crippen LogP) is 2.41. The Bertz CT molecular complexity index is 362. The molecule has 1 atom stereocenters. The minimum Gasteiger partial charge on any atom is -0.356 e. The zero-order valence-corrected chi connectivity index (χ0v) is 14.7. The molecule has 2 rings (SSSR count). The topological polar surface area (TPSA) is 30.9 Å². The maximum atomic E-state index is 4.49. The molecular weight excluding hydrogens is 260 g/mol. The molecule has 2 heterocycles. The van der Waals surface area contributed by atoms with Crippen molar-refractivity contribution in [2.45, 2.75) is 53.0 Å². The molecular formula is C17H34N4. The average molecular weight is 294 g/mol. The number of nitrogens with one attached hydrogen (secondary N) is 1. The van der Waals surface area contributed by atoms with E-state index in [9.17, 15) is 0 Å². The first-order valence-electron chi connectivity index (χ1n) is 8.61. The molecule has 4 heteroatoms. The number of aliphatic imine (C=N–C) groups is 1. The van der Waals surface area contributed by atoms with Gasteiger partial charge in [0.2, 0.25) is 0 Å². The van der Waals surface area contributed by atoms with Gasteiger partial charge in [-0.2, -0.15) is 0 Å². The van der Waals surface area contributed by atoms with Gasteiger partial charge in [0.05, 0.1) is 0 Å². The van der Waals surface area contributed by atoms with Gasteiger partial charge in [0.1, 0.15) is 0 Å². The molecule has 1 unspecified atom stereocenters. The number of nitrogens with zero attached hydrogens (tertiary/aromatic N) is 3. The summed E-state index contributed by atoms with van der Waals surface area (Å²) < 4.78 is 0. The molecule has 2 aliphatic rings. The fourth-order valence-electron chi connectivity index (χ4n) is 3.59. The van der Waals surface area contributed by atoms with E-state index in [1.165, 1.54) is 32.4 Å². The number of hydrogen-bond acceptors (Lipinski definition) is 2. The minimum atomic E-state index is 0.427. The first-order valence-corrected chi connectivity index (χ1v) is 8.61. The molecule has 0 saturated carbocycles. The molecule has 0 spiro atoms. The predicted molar refractivity (Wildman–Crippen MR) is 90.8 cm³/mol. The molecule has 122 valence electrons. The van der Waals surface area contributed by atoms with E-state index in [1.54, 1.807) is 0 Å². The summed E-state index contributed by atoms with van der Waals surface area (Å²) in [6.45, 7) is 15.1. The van der Waals surface area contributed by atoms with Crippen molar-refractivity contribution in [1.29, 1.82) is 0 Å². The van der Waals surface area contributed by atoms with Crippen molar-refractivity contribution in [2.24, 2.45) is 16.3 Å². The molecule has 4 nitrogen and oxygen atoms in total. The van der Waals surface area contributed by atoms with Crippen LogP contribution in [0.4, 0.5) is 0 Å². The first kappa shape index (κ1) is 16.6. The molecule has 2 fully saturated rings. The summed E-state index contributed by atoms with van der Waals surface area (Å²) in [5.41, 5.74) is 0.427. The quantitative estimate of drug-likeness (QED) is 0.640. The molecule has 0 bridgehead atoms. The molecule has 0 radical (unpaired) electrons. The van der Waals surface area contributed by atoms with Crippen LogP contribution in [0.15, 0.2) is 4.99 Å². The van der Waals surface area contributed by atoms with Gasteiger partial charge in [-0.15, -0.1) is 0 Å². The van der Waals surface area contributed by atoms with Crippen LogP contribution in [0.2, 0.25) is 0 Å². The van der Waals surface area contributed by atoms with E-state index in [4.69, 9.17) is 0 Å². The molecule has 0 aliphatic carbocycles. The summed E-state index contributed by atoms with van der Waals surface area (Å²) in [6.07, 6.45) is 3.94. The second-order valence-electron chi connectivity index (χ2n) is 7.86. The molecule has 0 aromatic rings. The Morgan fingerprint density at radius 3 is 2.67 bits per heavy atom. The lowest BCUT2D eigenvalue weighted by atomic mass is 9.93. The highest BCUT2D eigenvalue weighted by atomic mass is 15.3. The van der Waals surface area contributed by atoms with Crippen molar-refractivity contribution >= 4 is 5.96 Å². The van der Waals surface area contributed by atoms with E-state index >= 15 is 0 Å². The van der Waals surface area contributed by atoms with Gasteiger partial charge in [0.15, 0.2) is 5.96 Å². The fraction of sp³-hybridized carbons (Fsp3) is 0.941. The molecule has 0 amide bonds. The van der Waals surface area contributed by atoms with E-state index in [0.29, 0.717) is 11.5 Å². The number of hydrogen-bond donors (Lipinski definition) is 1. The van der Waals surface area contributed by atoms with Gasteiger partial charge >= 0.3 is 0 Å². The van der Waals surface area contributed by atoms with Crippen molar-refractivity contribution in [2.75, 3.05) is 39.8 Å². The zero-order chi connectivity index (χ0) is 15.5. The standard InChI is InChI=1S/C17H34N4/c1-14(2)20-9-6-7-15(12-20)11-19-16(18-5)21-10-8-17(3,4)13-21/h14-15H,6-13H2,1-5H3,(H,18,19). The van der Waals surface area contributed by atoms with Crippen LogP contribution in [-0.2, 0) is 0 Å². The lowest BCUT2D eigenvalue weighted by Crippen LogP contribution is -2.47. The normalized spacial score (nSPS) is 27.4. The Morgan fingerprint density at radius 2 is 2.10 bits per heavy atom. The van der Waals surface area contributed by atoms with Crippen LogP contribution in [0.1, 0.15) is 47.0 Å². The van der Waals surface area contributed by atoms with Gasteiger partial charge in [0, 0.05) is 39.3 Å². The number of piperidine rings is 1. The highest BCUT2D eigenvalue weighted by Gasteiger charge is 2.31. The van der Waals surface area contributed by atoms with E-state index in [1.807, 2.05) is 7.05 Å². The number of guanidine groups is 1. The van der Waals surface area contributed by atoms with Crippen LogP contribution >= 0.6 is 0 Å². The third-order valence-electron chi connectivity index (χ3n) is 5.02. The van der Waals surface area contributed by atoms with Gasteiger partial charge < -0.3 is 15.1 Å². The second kappa shape index (κ2) is 6.99. The lowest BCUT2D eigenvalue weighted by molar-refractivity contribution is 0.140. The Kier molecular flexibility index (Phi) is 5.53. The largest absolute Gasteiger partial charge is 0.356 e. The molecule has 1 N–H and O–H groups in total. The summed E-state index contributed by atoms with van der Waals surface area (Å²) in [5.74, 6) is 1.86. The molecule has 0 aromatic carbocycles. The van der Waals surface area contributed by atoms with Crippen molar-refractivity contribution in [1.82, 2.24) is 15.1 Å². The molecule has 21 heavy (non-hydrogen) atoms. The monoisotopic (exact) mass is 294 g/mol. The zero-order valence-electron chi connectivity index (χ0n) is 14.7. The molecule has 2 saturated heterocycles. The van der Waals surface area contributed by atoms with Crippen LogP contribution < -0.4 is 5.32 Å². The molecule has 2 aliphatic heterocycles. The second-order valence-corrected chi connectivity index (χ2v) is 7.86. The smallest absolute Gasteiger partial charge is 0.193 e. The lowest BCUT2D eigenvalue weighted by Gasteiger charge is -2.36. The maximum Gasteiger partial charge on any atom is 0.193 e. The van der Waals surface area contributed by atoms with Gasteiger partial charge in [-0.25, -0.2) is 0 Å². The van der Waals surface area contributed by atoms with E-state index in [-0.39, 0.29) is 0 Å². The Morgan fingerprint density at radius 1 is 1.33 bits per heavy atom. The third kappa shape index (κ3) is 4.60. The Labute approximate surface area is 131 Å². The van der Waals surface area contributed by atoms with Crippen molar-refractivity contribution in [3.8, 4) is 0 Å². The minimum absolute atomic E-state index is 0.427. The van der Waals surface area contributed by atoms with E-state index in [2.05, 4.69) is 47.8 Å². The van der Waals surface area contributed by atoms with Crippen molar-refractivity contribution < 1.29 is 0 Å². The molecule has 0 aromatic heterocycles. The van der Waals surface area contributed by atoms with Gasteiger partial charge in [-0.3, -0.25) is 4.99 Å². The van der Waals surface area contributed by atoms with E-state index in [0.717, 1.165) is 31.5 Å². The van der Waals surface area contributed by atoms with Gasteiger partial charge in [-0.1, -0.05) is 13.8 Å². The Hall–Kier alpha value is -0.770. The summed E-state index contributed by atoms with van der Waals surface area (Å²) >= 11 is 0. The van der Waals surface area contributed by atoms with Crippen LogP contribution in [0, 0.1) is 11.3 Å². The summed E-state index contributed by atoms with van der Waals surface area (Å²) in [7, 11) is 1.91. The van der Waals surface area contributed by atoms with Gasteiger partial charge in [-0.05, 0) is 51.0 Å². The highest BCUT2D eigenvalue weighted by Crippen LogP contribution is 2.28. The number of likely N-dealkylation sites (tertiary alicyclic amines) is 2. The van der Waals surface area contributed by atoms with Crippen LogP contribution in [0.3, 0.4) is 0 Å². The first-order chi connectivity index (χ1) is 9.91. The summed E-state index contributed by atoms with van der Waals surface area (Å²) in [6, 6.07) is 0.673. The SMILES string of the molecule is CN=C(NCC1CCCN(C(C)C)C1)N1CCC(C)(C)C1. The average Bonchev–Trinajstić information content (AvgIpc) is 2.80. The third-order valence-corrected chi connectivity index (χ3v) is 5.02. The fourth-order valence-corrected chi connectivity index (χ4v) is 3.59. The Balaban J connectivity index is 1.81. The van der Waals surface area contributed by atoms with Crippen LogP contribution in [-0.4, -0.2) is 61.6 Å². The van der Waals surface area contributed by atoms with Gasteiger partial charge in [0.25, 0.3) is 0 Å². The van der Waals surface area contributed by atoms with E-state index < -0.39 is 0 Å².